The molecule has 9 nitrogen and oxygen atoms in total. The molecule has 1 aromatic heterocycles. The van der Waals surface area contributed by atoms with Gasteiger partial charge in [0.15, 0.2) is 5.78 Å². The van der Waals surface area contributed by atoms with E-state index in [1.807, 2.05) is 18.2 Å². The number of hydrogen-bond donors (Lipinski definition) is 2. The van der Waals surface area contributed by atoms with Gasteiger partial charge in [-0.05, 0) is 79.9 Å². The van der Waals surface area contributed by atoms with Gasteiger partial charge < -0.3 is 14.5 Å². The molecule has 3 fully saturated rings. The van der Waals surface area contributed by atoms with Gasteiger partial charge >= 0.3 is 12.1 Å². The van der Waals surface area contributed by atoms with Gasteiger partial charge in [0.05, 0.1) is 18.1 Å². The van der Waals surface area contributed by atoms with Gasteiger partial charge in [0.25, 0.3) is 0 Å². The van der Waals surface area contributed by atoms with Crippen molar-refractivity contribution in [3.8, 4) is 0 Å². The maximum absolute atomic E-state index is 12.4. The SMILES string of the molecule is CC(=O)OC1CCC2(C)C(=CCC3C4CCC(=O)C4(C)CCC32)C1.COC(=O)Nc1nc2ccc(C(=O)c3ccccc3)cc2[nH]1. The number of fused-ring (bicyclic) bond motifs is 6. The number of anilines is 1. The van der Waals surface area contributed by atoms with Crippen molar-refractivity contribution >= 4 is 40.6 Å². The Bertz CT molecular complexity index is 1700. The highest BCUT2D eigenvalue weighted by Crippen LogP contribution is 2.64. The number of allylic oxidation sites excluding steroid dienone is 1. The number of benzene rings is 2. The molecule has 6 unspecified atom stereocenters. The average Bonchev–Trinajstić information content (AvgIpc) is 3.59. The Morgan fingerprint density at radius 3 is 2.43 bits per heavy atom. The number of esters is 1. The molecule has 4 aliphatic carbocycles. The first-order valence-corrected chi connectivity index (χ1v) is 16.4. The van der Waals surface area contributed by atoms with Crippen LogP contribution in [0.4, 0.5) is 10.7 Å². The number of nitrogens with one attached hydrogen (secondary N) is 2. The van der Waals surface area contributed by atoms with Crippen LogP contribution in [0.5, 0.6) is 0 Å². The van der Waals surface area contributed by atoms with Crippen LogP contribution in [0.2, 0.25) is 0 Å². The number of Topliss-reactive ketones (excluding diaryl/α,β-unsaturated/α-hetero) is 1. The van der Waals surface area contributed by atoms with Crippen LogP contribution in [0.1, 0.15) is 88.1 Å². The van der Waals surface area contributed by atoms with Crippen LogP contribution in [0.25, 0.3) is 11.0 Å². The van der Waals surface area contributed by atoms with Crippen LogP contribution in [-0.2, 0) is 19.1 Å². The Labute approximate surface area is 269 Å². The molecule has 0 aliphatic heterocycles. The Morgan fingerprint density at radius 1 is 0.957 bits per heavy atom. The molecule has 1 heterocycles. The largest absolute Gasteiger partial charge is 0.462 e. The van der Waals surface area contributed by atoms with E-state index < -0.39 is 6.09 Å². The Hall–Kier alpha value is -4.27. The molecule has 46 heavy (non-hydrogen) atoms. The number of carbonyl (C=O) groups is 4. The molecule has 0 saturated heterocycles. The molecule has 0 radical (unpaired) electrons. The van der Waals surface area contributed by atoms with Crippen LogP contribution in [0.3, 0.4) is 0 Å². The lowest BCUT2D eigenvalue weighted by molar-refractivity contribution is -0.148. The normalized spacial score (nSPS) is 29.7. The summed E-state index contributed by atoms with van der Waals surface area (Å²) in [6.45, 7) is 6.19. The number of ether oxygens (including phenoxy) is 2. The second kappa shape index (κ2) is 12.5. The maximum Gasteiger partial charge on any atom is 0.413 e. The molecular formula is C37H43N3O6. The number of hydrogen-bond acceptors (Lipinski definition) is 7. The van der Waals surface area contributed by atoms with Gasteiger partial charge in [-0.2, -0.15) is 0 Å². The maximum atomic E-state index is 12.4. The van der Waals surface area contributed by atoms with E-state index in [0.29, 0.717) is 45.7 Å². The van der Waals surface area contributed by atoms with Crippen LogP contribution < -0.4 is 5.32 Å². The lowest BCUT2D eigenvalue weighted by atomic mass is 9.48. The van der Waals surface area contributed by atoms with Crippen molar-refractivity contribution < 1.29 is 28.7 Å². The topological polar surface area (TPSA) is 127 Å². The zero-order valence-electron chi connectivity index (χ0n) is 27.1. The van der Waals surface area contributed by atoms with E-state index in [4.69, 9.17) is 4.74 Å². The van der Waals surface area contributed by atoms with Gasteiger partial charge in [0, 0.05) is 36.3 Å². The summed E-state index contributed by atoms with van der Waals surface area (Å²) in [5, 5.41) is 2.45. The van der Waals surface area contributed by atoms with E-state index in [0.717, 1.165) is 44.9 Å². The predicted molar refractivity (Wildman–Crippen MR) is 174 cm³/mol. The van der Waals surface area contributed by atoms with E-state index in [1.165, 1.54) is 26.0 Å². The fraction of sp³-hybridized carbons (Fsp3) is 0.486. The monoisotopic (exact) mass is 625 g/mol. The molecule has 242 valence electrons. The summed E-state index contributed by atoms with van der Waals surface area (Å²) < 4.78 is 10.0. The first-order valence-electron chi connectivity index (χ1n) is 16.4. The van der Waals surface area contributed by atoms with Crippen LogP contribution in [0.15, 0.2) is 60.2 Å². The minimum absolute atomic E-state index is 0.0438. The van der Waals surface area contributed by atoms with Crippen molar-refractivity contribution in [2.45, 2.75) is 78.2 Å². The van der Waals surface area contributed by atoms with E-state index in [-0.39, 0.29) is 34.6 Å². The van der Waals surface area contributed by atoms with Gasteiger partial charge in [-0.15, -0.1) is 0 Å². The Morgan fingerprint density at radius 2 is 1.70 bits per heavy atom. The van der Waals surface area contributed by atoms with Gasteiger partial charge in [-0.3, -0.25) is 19.7 Å². The van der Waals surface area contributed by atoms with E-state index in [9.17, 15) is 19.2 Å². The van der Waals surface area contributed by atoms with Crippen LogP contribution in [-0.4, -0.2) is 46.8 Å². The minimum atomic E-state index is -0.611. The highest BCUT2D eigenvalue weighted by Gasteiger charge is 2.58. The third-order valence-corrected chi connectivity index (χ3v) is 11.3. The first kappa shape index (κ1) is 31.7. The molecule has 3 saturated carbocycles. The van der Waals surface area contributed by atoms with E-state index >= 15 is 0 Å². The highest BCUT2D eigenvalue weighted by atomic mass is 16.5. The van der Waals surface area contributed by atoms with E-state index in [2.05, 4.69) is 39.9 Å². The molecule has 0 bridgehead atoms. The zero-order chi connectivity index (χ0) is 32.6. The number of carbonyl (C=O) groups excluding carboxylic acids is 4. The van der Waals surface area contributed by atoms with Crippen LogP contribution in [0, 0.1) is 28.6 Å². The summed E-state index contributed by atoms with van der Waals surface area (Å²) in [5.41, 5.74) is 4.21. The number of methoxy groups -OCH3 is 1. The first-order chi connectivity index (χ1) is 22.0. The van der Waals surface area contributed by atoms with Crippen molar-refractivity contribution in [3.05, 3.63) is 71.3 Å². The second-order valence-corrected chi connectivity index (χ2v) is 13.8. The minimum Gasteiger partial charge on any atom is -0.462 e. The lowest BCUT2D eigenvalue weighted by Gasteiger charge is -2.56. The van der Waals surface area contributed by atoms with Gasteiger partial charge in [-0.25, -0.2) is 9.78 Å². The van der Waals surface area contributed by atoms with Gasteiger partial charge in [-0.1, -0.05) is 55.8 Å². The average molecular weight is 626 g/mol. The number of ketones is 2. The van der Waals surface area contributed by atoms with Gasteiger partial charge in [0.1, 0.15) is 11.9 Å². The molecule has 2 N–H and O–H groups in total. The molecule has 4 aliphatic rings. The second-order valence-electron chi connectivity index (χ2n) is 13.8. The predicted octanol–water partition coefficient (Wildman–Crippen LogP) is 7.42. The fourth-order valence-electron chi connectivity index (χ4n) is 8.85. The number of imidazole rings is 1. The lowest BCUT2D eigenvalue weighted by Crippen LogP contribution is -2.50. The quantitative estimate of drug-likeness (QED) is 0.175. The number of aromatic nitrogens is 2. The number of aromatic amines is 1. The zero-order valence-corrected chi connectivity index (χ0v) is 27.1. The Kier molecular flexibility index (Phi) is 8.61. The number of amides is 1. The molecule has 6 atom stereocenters. The fourth-order valence-corrected chi connectivity index (χ4v) is 8.85. The summed E-state index contributed by atoms with van der Waals surface area (Å²) in [7, 11) is 1.27. The van der Waals surface area contributed by atoms with Crippen molar-refractivity contribution in [1.29, 1.82) is 0 Å². The van der Waals surface area contributed by atoms with Gasteiger partial charge in [0.2, 0.25) is 5.95 Å². The number of H-pyrrole nitrogens is 1. The molecule has 9 heteroatoms. The molecule has 3 aromatic rings. The van der Waals surface area contributed by atoms with Crippen molar-refractivity contribution in [1.82, 2.24) is 9.97 Å². The van der Waals surface area contributed by atoms with Crippen molar-refractivity contribution in [3.63, 3.8) is 0 Å². The standard InChI is InChI=1S/C21H30O3.C16H13N3O3/c1-13(22)24-15-8-10-20(2)14(12-15)4-5-16-17-6-7-19(23)21(17,3)11-9-18(16)20;1-22-16(21)19-15-17-12-8-7-11(9-13(12)18-15)14(20)10-5-3-2-4-6-10/h4,15-18H,5-12H2,1-3H3;2-9H,1H3,(H2,17,18,19,21). The smallest absolute Gasteiger partial charge is 0.413 e. The molecule has 2 aromatic carbocycles. The third-order valence-electron chi connectivity index (χ3n) is 11.3. The highest BCUT2D eigenvalue weighted by molar-refractivity contribution is 6.10. The summed E-state index contributed by atoms with van der Waals surface area (Å²) in [5.74, 6) is 2.53. The van der Waals surface area contributed by atoms with E-state index in [1.54, 1.807) is 30.3 Å². The van der Waals surface area contributed by atoms with Crippen molar-refractivity contribution in [2.75, 3.05) is 12.4 Å². The molecule has 7 rings (SSSR count). The van der Waals surface area contributed by atoms with Crippen LogP contribution >= 0.6 is 0 Å². The summed E-state index contributed by atoms with van der Waals surface area (Å²) in [4.78, 5) is 54.4. The summed E-state index contributed by atoms with van der Waals surface area (Å²) in [6.07, 6.45) is 10.2. The molecule has 1 amide bonds. The van der Waals surface area contributed by atoms with Crippen molar-refractivity contribution in [2.24, 2.45) is 28.6 Å². The number of nitrogens with zero attached hydrogens (tertiary/aromatic N) is 1. The molecular weight excluding hydrogens is 582 g/mol. The number of rotatable bonds is 4. The third kappa shape index (κ3) is 5.87. The summed E-state index contributed by atoms with van der Waals surface area (Å²) in [6, 6.07) is 14.2. The summed E-state index contributed by atoms with van der Waals surface area (Å²) >= 11 is 0. The molecule has 0 spiro atoms. The Balaban J connectivity index is 0.000000162.